The number of anilines is 1. The Labute approximate surface area is 156 Å². The van der Waals surface area contributed by atoms with E-state index in [2.05, 4.69) is 15.4 Å². The Balaban J connectivity index is 1.49. The minimum atomic E-state index is -0.219. The van der Waals surface area contributed by atoms with Crippen LogP contribution in [0.15, 0.2) is 60.9 Å². The molecule has 0 aliphatic carbocycles. The fourth-order valence-electron chi connectivity index (χ4n) is 3.08. The molecule has 4 rings (SSSR count). The van der Waals surface area contributed by atoms with Crippen molar-refractivity contribution < 1.29 is 9.59 Å². The number of amides is 2. The van der Waals surface area contributed by atoms with Crippen LogP contribution in [0.3, 0.4) is 0 Å². The molecule has 27 heavy (non-hydrogen) atoms. The number of rotatable bonds is 5. The summed E-state index contributed by atoms with van der Waals surface area (Å²) in [6.07, 6.45) is 3.72. The van der Waals surface area contributed by atoms with Crippen LogP contribution < -0.4 is 10.2 Å². The van der Waals surface area contributed by atoms with Gasteiger partial charge in [0.15, 0.2) is 0 Å². The highest BCUT2D eigenvalue weighted by molar-refractivity contribution is 5.99. The first-order chi connectivity index (χ1) is 13.2. The molecule has 1 aliphatic heterocycles. The molecule has 0 spiro atoms. The quantitative estimate of drug-likeness (QED) is 0.754. The third kappa shape index (κ3) is 3.72. The maximum absolute atomic E-state index is 12.4. The number of carbonyl (C=O) groups excluding carboxylic acids is 2. The SMILES string of the molecule is O=C(CN1C(=O)CCn2nc(-c3ccccc3)cc21)NCc1cccnc1. The van der Waals surface area contributed by atoms with Gasteiger partial charge in [-0.3, -0.25) is 19.5 Å². The van der Waals surface area contributed by atoms with E-state index in [1.807, 2.05) is 48.5 Å². The van der Waals surface area contributed by atoms with Crippen LogP contribution in [-0.2, 0) is 22.7 Å². The summed E-state index contributed by atoms with van der Waals surface area (Å²) >= 11 is 0. The summed E-state index contributed by atoms with van der Waals surface area (Å²) in [6.45, 7) is 0.872. The van der Waals surface area contributed by atoms with E-state index in [0.29, 0.717) is 25.3 Å². The van der Waals surface area contributed by atoms with Gasteiger partial charge in [0.2, 0.25) is 11.8 Å². The molecule has 3 aromatic rings. The largest absolute Gasteiger partial charge is 0.350 e. The van der Waals surface area contributed by atoms with Crippen LogP contribution >= 0.6 is 0 Å². The number of hydrogen-bond donors (Lipinski definition) is 1. The lowest BCUT2D eigenvalue weighted by atomic mass is 10.1. The van der Waals surface area contributed by atoms with Crippen molar-refractivity contribution in [1.29, 1.82) is 0 Å². The van der Waals surface area contributed by atoms with Crippen molar-refractivity contribution in [3.8, 4) is 11.3 Å². The van der Waals surface area contributed by atoms with Crippen molar-refractivity contribution in [1.82, 2.24) is 20.1 Å². The van der Waals surface area contributed by atoms with Crippen molar-refractivity contribution in [3.63, 3.8) is 0 Å². The smallest absolute Gasteiger partial charge is 0.240 e. The summed E-state index contributed by atoms with van der Waals surface area (Å²) in [5.74, 6) is 0.364. The van der Waals surface area contributed by atoms with Gasteiger partial charge in [0.25, 0.3) is 0 Å². The first kappa shape index (κ1) is 17.0. The molecule has 0 bridgehead atoms. The maximum atomic E-state index is 12.4. The minimum Gasteiger partial charge on any atom is -0.350 e. The van der Waals surface area contributed by atoms with Gasteiger partial charge in [0, 0.05) is 37.0 Å². The Kier molecular flexibility index (Phi) is 4.65. The Morgan fingerprint density at radius 2 is 2.00 bits per heavy atom. The molecular weight excluding hydrogens is 342 g/mol. The van der Waals surface area contributed by atoms with Crippen LogP contribution in [0.2, 0.25) is 0 Å². The highest BCUT2D eigenvalue weighted by Crippen LogP contribution is 2.27. The average molecular weight is 361 g/mol. The molecule has 2 amide bonds. The summed E-state index contributed by atoms with van der Waals surface area (Å²) in [6, 6.07) is 15.4. The van der Waals surface area contributed by atoms with E-state index in [1.54, 1.807) is 17.1 Å². The van der Waals surface area contributed by atoms with E-state index in [9.17, 15) is 9.59 Å². The monoisotopic (exact) mass is 361 g/mol. The molecule has 136 valence electrons. The van der Waals surface area contributed by atoms with E-state index >= 15 is 0 Å². The number of hydrogen-bond acceptors (Lipinski definition) is 4. The Morgan fingerprint density at radius 3 is 2.78 bits per heavy atom. The predicted molar refractivity (Wildman–Crippen MR) is 101 cm³/mol. The average Bonchev–Trinajstić information content (AvgIpc) is 3.15. The van der Waals surface area contributed by atoms with Gasteiger partial charge in [0.1, 0.15) is 12.4 Å². The molecule has 0 fully saturated rings. The topological polar surface area (TPSA) is 80.1 Å². The Morgan fingerprint density at radius 1 is 1.15 bits per heavy atom. The van der Waals surface area contributed by atoms with Gasteiger partial charge in [0.05, 0.1) is 12.2 Å². The van der Waals surface area contributed by atoms with Crippen LogP contribution in [0.25, 0.3) is 11.3 Å². The molecule has 7 heteroatoms. The molecule has 1 aliphatic rings. The number of carbonyl (C=O) groups is 2. The predicted octanol–water partition coefficient (Wildman–Crippen LogP) is 2.00. The highest BCUT2D eigenvalue weighted by Gasteiger charge is 2.28. The highest BCUT2D eigenvalue weighted by atomic mass is 16.2. The summed E-state index contributed by atoms with van der Waals surface area (Å²) in [4.78, 5) is 30.3. The van der Waals surface area contributed by atoms with Gasteiger partial charge in [-0.1, -0.05) is 36.4 Å². The number of fused-ring (bicyclic) bond motifs is 1. The standard InChI is InChI=1S/C20H19N5O2/c26-18(22-13-15-5-4-9-21-12-15)14-24-19-11-17(16-6-2-1-3-7-16)23-25(19)10-8-20(24)27/h1-7,9,11-12H,8,10,13-14H2,(H,22,26). The lowest BCUT2D eigenvalue weighted by Gasteiger charge is -2.26. The van der Waals surface area contributed by atoms with E-state index in [4.69, 9.17) is 0 Å². The summed E-state index contributed by atoms with van der Waals surface area (Å²) in [5.41, 5.74) is 2.68. The first-order valence-corrected chi connectivity index (χ1v) is 8.80. The second-order valence-electron chi connectivity index (χ2n) is 6.34. The third-order valence-electron chi connectivity index (χ3n) is 4.46. The lowest BCUT2D eigenvalue weighted by Crippen LogP contribution is -2.44. The zero-order valence-corrected chi connectivity index (χ0v) is 14.7. The van der Waals surface area contributed by atoms with E-state index in [-0.39, 0.29) is 18.4 Å². The van der Waals surface area contributed by atoms with Crippen LogP contribution in [0.1, 0.15) is 12.0 Å². The maximum Gasteiger partial charge on any atom is 0.240 e. The fraction of sp³-hybridized carbons (Fsp3) is 0.200. The molecular formula is C20H19N5O2. The van der Waals surface area contributed by atoms with E-state index < -0.39 is 0 Å². The van der Waals surface area contributed by atoms with Crippen LogP contribution in [0, 0.1) is 0 Å². The molecule has 7 nitrogen and oxygen atoms in total. The van der Waals surface area contributed by atoms with Crippen LogP contribution in [0.5, 0.6) is 0 Å². The zero-order chi connectivity index (χ0) is 18.6. The van der Waals surface area contributed by atoms with Crippen LogP contribution in [-0.4, -0.2) is 33.1 Å². The molecule has 0 radical (unpaired) electrons. The third-order valence-corrected chi connectivity index (χ3v) is 4.46. The number of nitrogens with one attached hydrogen (secondary N) is 1. The molecule has 0 unspecified atom stereocenters. The van der Waals surface area contributed by atoms with E-state index in [1.165, 1.54) is 4.90 Å². The van der Waals surface area contributed by atoms with Gasteiger partial charge in [-0.2, -0.15) is 5.10 Å². The van der Waals surface area contributed by atoms with Crippen molar-refractivity contribution in [2.24, 2.45) is 0 Å². The van der Waals surface area contributed by atoms with Crippen molar-refractivity contribution in [2.75, 3.05) is 11.4 Å². The molecule has 1 aromatic carbocycles. The Bertz CT molecular complexity index is 953. The molecule has 0 saturated heterocycles. The number of benzene rings is 1. The first-order valence-electron chi connectivity index (χ1n) is 8.80. The van der Waals surface area contributed by atoms with Gasteiger partial charge in [-0.05, 0) is 11.6 Å². The van der Waals surface area contributed by atoms with E-state index in [0.717, 1.165) is 16.8 Å². The summed E-state index contributed by atoms with van der Waals surface area (Å²) in [7, 11) is 0. The molecule has 1 N–H and O–H groups in total. The number of pyridine rings is 1. The molecule has 2 aromatic heterocycles. The molecule has 0 atom stereocenters. The normalized spacial score (nSPS) is 13.3. The Hall–Kier alpha value is -3.48. The van der Waals surface area contributed by atoms with Crippen molar-refractivity contribution in [2.45, 2.75) is 19.5 Å². The minimum absolute atomic E-state index is 0.0288. The fourth-order valence-corrected chi connectivity index (χ4v) is 3.08. The second-order valence-corrected chi connectivity index (χ2v) is 6.34. The van der Waals surface area contributed by atoms with Gasteiger partial charge < -0.3 is 5.32 Å². The van der Waals surface area contributed by atoms with Gasteiger partial charge >= 0.3 is 0 Å². The van der Waals surface area contributed by atoms with Crippen molar-refractivity contribution in [3.05, 3.63) is 66.5 Å². The summed E-state index contributed by atoms with van der Waals surface area (Å²) in [5, 5.41) is 7.42. The molecule has 0 saturated carbocycles. The van der Waals surface area contributed by atoms with Gasteiger partial charge in [-0.25, -0.2) is 4.68 Å². The lowest BCUT2D eigenvalue weighted by molar-refractivity contribution is -0.124. The number of aromatic nitrogens is 3. The summed E-state index contributed by atoms with van der Waals surface area (Å²) < 4.78 is 1.79. The van der Waals surface area contributed by atoms with Gasteiger partial charge in [-0.15, -0.1) is 0 Å². The molecule has 3 heterocycles. The number of nitrogens with zero attached hydrogens (tertiary/aromatic N) is 4. The second kappa shape index (κ2) is 7.41. The zero-order valence-electron chi connectivity index (χ0n) is 14.7. The number of aryl methyl sites for hydroxylation is 1. The van der Waals surface area contributed by atoms with Crippen LogP contribution in [0.4, 0.5) is 5.82 Å². The van der Waals surface area contributed by atoms with Crippen molar-refractivity contribution >= 4 is 17.6 Å².